The van der Waals surface area contributed by atoms with Gasteiger partial charge in [-0.05, 0) is 55.2 Å². The molecule has 0 bridgehead atoms. The molecule has 1 aromatic heterocycles. The third-order valence-electron chi connectivity index (χ3n) is 6.09. The monoisotopic (exact) mass is 525 g/mol. The molecule has 11 heteroatoms. The highest BCUT2D eigenvalue weighted by atomic mass is 35.5. The Morgan fingerprint density at radius 3 is 2.65 bits per heavy atom. The van der Waals surface area contributed by atoms with E-state index in [9.17, 15) is 14.0 Å². The van der Waals surface area contributed by atoms with Gasteiger partial charge in [-0.25, -0.2) is 9.37 Å². The van der Waals surface area contributed by atoms with Crippen LogP contribution in [0.15, 0.2) is 42.6 Å². The van der Waals surface area contributed by atoms with Crippen LogP contribution in [-0.4, -0.2) is 59.9 Å². The Morgan fingerprint density at radius 1 is 1.11 bits per heavy atom. The maximum atomic E-state index is 14.7. The zero-order chi connectivity index (χ0) is 26.4. The van der Waals surface area contributed by atoms with E-state index in [1.54, 1.807) is 14.0 Å². The molecule has 0 unspecified atom stereocenters. The van der Waals surface area contributed by atoms with E-state index in [1.165, 1.54) is 35.5 Å². The summed E-state index contributed by atoms with van der Waals surface area (Å²) in [4.78, 5) is 35.0. The minimum Gasteiger partial charge on any atom is -0.358 e. The number of carbonyl (C=O) groups is 2. The van der Waals surface area contributed by atoms with Crippen LogP contribution in [0.1, 0.15) is 28.4 Å². The lowest BCUT2D eigenvalue weighted by Crippen LogP contribution is -2.37. The molecule has 0 saturated carbocycles. The zero-order valence-corrected chi connectivity index (χ0v) is 21.5. The number of halogens is 2. The number of rotatable bonds is 8. The first-order valence-corrected chi connectivity index (χ1v) is 12.4. The van der Waals surface area contributed by atoms with E-state index in [1.807, 2.05) is 12.1 Å². The lowest BCUT2D eigenvalue weighted by atomic mass is 10.0. The first kappa shape index (κ1) is 26.3. The lowest BCUT2D eigenvalue weighted by Gasteiger charge is -2.18. The van der Waals surface area contributed by atoms with Crippen molar-refractivity contribution in [3.63, 3.8) is 0 Å². The Bertz CT molecular complexity index is 1300. The Hall–Kier alpha value is -3.76. The Kier molecular flexibility index (Phi) is 8.52. The number of benzene rings is 2. The van der Waals surface area contributed by atoms with E-state index in [0.29, 0.717) is 13.1 Å². The summed E-state index contributed by atoms with van der Waals surface area (Å²) in [7, 11) is 1.64. The molecule has 0 spiro atoms. The molecule has 1 aliphatic rings. The van der Waals surface area contributed by atoms with Crippen molar-refractivity contribution >= 4 is 46.6 Å². The molecular weight excluding hydrogens is 497 g/mol. The van der Waals surface area contributed by atoms with Crippen molar-refractivity contribution in [2.75, 3.05) is 43.9 Å². The fourth-order valence-corrected chi connectivity index (χ4v) is 4.29. The summed E-state index contributed by atoms with van der Waals surface area (Å²) in [6.45, 7) is 4.17. The molecule has 4 N–H and O–H groups in total. The van der Waals surface area contributed by atoms with E-state index in [-0.39, 0.29) is 33.9 Å². The molecule has 2 amide bonds. The molecule has 0 atom stereocenters. The van der Waals surface area contributed by atoms with E-state index in [0.717, 1.165) is 31.6 Å². The van der Waals surface area contributed by atoms with Crippen LogP contribution in [0.2, 0.25) is 5.02 Å². The second-order valence-electron chi connectivity index (χ2n) is 8.59. The van der Waals surface area contributed by atoms with Crippen LogP contribution in [0.4, 0.5) is 27.5 Å². The minimum absolute atomic E-state index is 0.00566. The van der Waals surface area contributed by atoms with E-state index in [2.05, 4.69) is 42.2 Å². The maximum Gasteiger partial charge on any atom is 0.253 e. The fourth-order valence-electron chi connectivity index (χ4n) is 4.15. The first-order valence-electron chi connectivity index (χ1n) is 12.1. The third-order valence-corrected chi connectivity index (χ3v) is 6.36. The van der Waals surface area contributed by atoms with Crippen LogP contribution in [0.3, 0.4) is 0 Å². The van der Waals surface area contributed by atoms with Gasteiger partial charge in [0.1, 0.15) is 10.8 Å². The van der Waals surface area contributed by atoms with Gasteiger partial charge < -0.3 is 21.3 Å². The second-order valence-corrected chi connectivity index (χ2v) is 9.00. The van der Waals surface area contributed by atoms with Crippen LogP contribution in [0.5, 0.6) is 0 Å². The molecule has 37 heavy (non-hydrogen) atoms. The van der Waals surface area contributed by atoms with Gasteiger partial charge in [0.25, 0.3) is 5.91 Å². The standard InChI is InChI=1S/C26H29ClFN7O2/c1-3-30-25(37)19-5-4-6-21(28)23(19)33-24-20(27)14-31-26(34-24)32-18-8-7-16-9-11-35(15-22(36)29-2)12-10-17(16)13-18/h4-8,13-14H,3,9-12,15H2,1-2H3,(H,29,36)(H,30,37)(H2,31,32,33,34). The summed E-state index contributed by atoms with van der Waals surface area (Å²) >= 11 is 6.30. The molecule has 194 valence electrons. The van der Waals surface area contributed by atoms with Crippen LogP contribution in [0.25, 0.3) is 0 Å². The number of nitrogens with zero attached hydrogens (tertiary/aromatic N) is 3. The Labute approximate surface area is 219 Å². The number of amides is 2. The number of fused-ring (bicyclic) bond motifs is 1. The molecule has 3 aromatic rings. The number of hydrogen-bond acceptors (Lipinski definition) is 7. The molecule has 0 aliphatic carbocycles. The van der Waals surface area contributed by atoms with E-state index < -0.39 is 11.7 Å². The lowest BCUT2D eigenvalue weighted by molar-refractivity contribution is -0.121. The van der Waals surface area contributed by atoms with Gasteiger partial charge in [0.05, 0.1) is 24.0 Å². The third kappa shape index (κ3) is 6.52. The maximum absolute atomic E-state index is 14.7. The molecule has 1 aliphatic heterocycles. The zero-order valence-electron chi connectivity index (χ0n) is 20.7. The number of anilines is 4. The predicted molar refractivity (Wildman–Crippen MR) is 142 cm³/mol. The van der Waals surface area contributed by atoms with Crippen LogP contribution >= 0.6 is 11.6 Å². The summed E-state index contributed by atoms with van der Waals surface area (Å²) in [5, 5.41) is 11.6. The van der Waals surface area contributed by atoms with E-state index >= 15 is 0 Å². The van der Waals surface area contributed by atoms with E-state index in [4.69, 9.17) is 11.6 Å². The number of carbonyl (C=O) groups excluding carboxylic acids is 2. The Balaban J connectivity index is 1.52. The summed E-state index contributed by atoms with van der Waals surface area (Å²) in [5.41, 5.74) is 3.34. The first-order chi connectivity index (χ1) is 17.9. The van der Waals surface area contributed by atoms with Gasteiger partial charge >= 0.3 is 0 Å². The molecule has 2 aromatic carbocycles. The normalized spacial score (nSPS) is 13.3. The summed E-state index contributed by atoms with van der Waals surface area (Å²) in [6, 6.07) is 10.3. The number of nitrogens with one attached hydrogen (secondary N) is 4. The fraction of sp³-hybridized carbons (Fsp3) is 0.308. The van der Waals surface area contributed by atoms with Crippen LogP contribution in [0, 0.1) is 5.82 Å². The summed E-state index contributed by atoms with van der Waals surface area (Å²) in [6.07, 6.45) is 3.08. The number of hydrogen-bond donors (Lipinski definition) is 4. The summed E-state index contributed by atoms with van der Waals surface area (Å²) < 4.78 is 14.7. The van der Waals surface area contributed by atoms with Crippen molar-refractivity contribution in [1.29, 1.82) is 0 Å². The average molecular weight is 526 g/mol. The van der Waals surface area contributed by atoms with Gasteiger partial charge in [-0.1, -0.05) is 23.7 Å². The number of likely N-dealkylation sites (N-methyl/N-ethyl adjacent to an activating group) is 1. The van der Waals surface area contributed by atoms with Gasteiger partial charge in [0.15, 0.2) is 5.82 Å². The quantitative estimate of drug-likeness (QED) is 0.355. The van der Waals surface area contributed by atoms with Crippen molar-refractivity contribution < 1.29 is 14.0 Å². The van der Waals surface area contributed by atoms with Gasteiger partial charge in [0.2, 0.25) is 11.9 Å². The average Bonchev–Trinajstić information content (AvgIpc) is 3.09. The highest BCUT2D eigenvalue weighted by molar-refractivity contribution is 6.33. The van der Waals surface area contributed by atoms with Gasteiger partial charge in [-0.2, -0.15) is 4.98 Å². The highest BCUT2D eigenvalue weighted by Crippen LogP contribution is 2.29. The van der Waals surface area contributed by atoms with Crippen molar-refractivity contribution in [2.24, 2.45) is 0 Å². The number of aromatic nitrogens is 2. The van der Waals surface area contributed by atoms with Crippen molar-refractivity contribution in [1.82, 2.24) is 25.5 Å². The SMILES string of the molecule is CCNC(=O)c1cccc(F)c1Nc1nc(Nc2ccc3c(c2)CCN(CC(=O)NC)CC3)ncc1Cl. The molecular formula is C26H29ClFN7O2. The van der Waals surface area contributed by atoms with Crippen LogP contribution in [-0.2, 0) is 17.6 Å². The Morgan fingerprint density at radius 2 is 1.89 bits per heavy atom. The molecule has 0 fully saturated rings. The smallest absolute Gasteiger partial charge is 0.253 e. The van der Waals surface area contributed by atoms with Gasteiger partial charge in [-0.3, -0.25) is 14.5 Å². The summed E-state index contributed by atoms with van der Waals surface area (Å²) in [5.74, 6) is -0.589. The molecule has 0 radical (unpaired) electrons. The molecule has 4 rings (SSSR count). The van der Waals surface area contributed by atoms with Crippen LogP contribution < -0.4 is 21.3 Å². The van der Waals surface area contributed by atoms with Crippen molar-refractivity contribution in [2.45, 2.75) is 19.8 Å². The molecule has 2 heterocycles. The molecule has 0 saturated heterocycles. The van der Waals surface area contributed by atoms with Gasteiger partial charge in [-0.15, -0.1) is 0 Å². The minimum atomic E-state index is -0.607. The predicted octanol–water partition coefficient (Wildman–Crippen LogP) is 3.65. The highest BCUT2D eigenvalue weighted by Gasteiger charge is 2.18. The largest absolute Gasteiger partial charge is 0.358 e. The topological polar surface area (TPSA) is 111 Å². The molecule has 9 nitrogen and oxygen atoms in total. The van der Waals surface area contributed by atoms with Gasteiger partial charge in [0, 0.05) is 32.4 Å². The second kappa shape index (κ2) is 12.0. The van der Waals surface area contributed by atoms with Crippen molar-refractivity contribution in [3.05, 3.63) is 70.1 Å². The van der Waals surface area contributed by atoms with Crippen molar-refractivity contribution in [3.8, 4) is 0 Å². The number of para-hydroxylation sites is 1.